The first-order valence-corrected chi connectivity index (χ1v) is 16.8. The number of hydrogen-bond donors (Lipinski definition) is 1. The number of aryl methyl sites for hydroxylation is 1. The number of nitrogens with one attached hydrogen (secondary N) is 1. The molecule has 2 aliphatic heterocycles. The smallest absolute Gasteiger partial charge is 0.411 e. The van der Waals surface area contributed by atoms with Crippen molar-refractivity contribution in [1.82, 2.24) is 20.1 Å². The summed E-state index contributed by atoms with van der Waals surface area (Å²) in [5, 5.41) is 11.4. The van der Waals surface area contributed by atoms with Crippen molar-refractivity contribution >= 4 is 45.0 Å². The molecule has 3 fully saturated rings. The predicted octanol–water partition coefficient (Wildman–Crippen LogP) is 5.27. The number of nitriles is 1. The molecule has 2 amide bonds. The number of hydrogen-bond acceptors (Lipinski definition) is 8. The number of carbonyl (C=O) groups is 2. The number of likely N-dealkylation sites (tertiary alicyclic amines) is 2. The summed E-state index contributed by atoms with van der Waals surface area (Å²) in [6.45, 7) is 11.0. The van der Waals surface area contributed by atoms with Crippen LogP contribution in [0, 0.1) is 24.1 Å². The second-order valence-electron chi connectivity index (χ2n) is 12.9. The van der Waals surface area contributed by atoms with Crippen molar-refractivity contribution in [3.63, 3.8) is 0 Å². The van der Waals surface area contributed by atoms with Crippen molar-refractivity contribution in [3.8, 4) is 6.07 Å². The fourth-order valence-electron chi connectivity index (χ4n) is 5.94. The van der Waals surface area contributed by atoms with Gasteiger partial charge in [-0.2, -0.15) is 5.26 Å². The van der Waals surface area contributed by atoms with E-state index in [1.54, 1.807) is 39.8 Å². The molecule has 1 saturated carbocycles. The van der Waals surface area contributed by atoms with Gasteiger partial charge in [-0.05, 0) is 70.7 Å². The SMILES string of the molecule is C=C(N1C[C@H](S(=O)(=O)c2ccc(C)cc2Cl)C[C@H]1C(=O)NC1(C#N)CC1)C1(c2ncc(Cl)cc2F)CCN1C(=O)OC(C)(C)C. The largest absolute Gasteiger partial charge is 0.444 e. The molecule has 3 heterocycles. The van der Waals surface area contributed by atoms with Crippen molar-refractivity contribution in [2.45, 2.75) is 86.2 Å². The number of carbonyl (C=O) groups excluding carboxylic acids is 2. The number of ether oxygens (including phenoxy) is 1. The van der Waals surface area contributed by atoms with Crippen molar-refractivity contribution in [1.29, 1.82) is 5.26 Å². The van der Waals surface area contributed by atoms with Gasteiger partial charge in [0.25, 0.3) is 0 Å². The molecule has 10 nitrogen and oxygen atoms in total. The van der Waals surface area contributed by atoms with E-state index in [-0.39, 0.29) is 52.3 Å². The summed E-state index contributed by atoms with van der Waals surface area (Å²) < 4.78 is 49.3. The quantitative estimate of drug-likeness (QED) is 0.419. The van der Waals surface area contributed by atoms with Crippen LogP contribution in [0.1, 0.15) is 57.7 Å². The standard InChI is InChI=1S/C31H34Cl2FN5O5S/c1-18-6-7-25(22(33)12-18)45(42,43)21-14-24(27(40)37-30(17-35)8-9-30)38(16-21)19(2)31(26-23(34)13-20(32)15-36-26)10-11-39(31)28(41)44-29(3,4)5/h6-7,12-13,15,21,24H,2,8-11,14,16H2,1,3-5H3,(H,37,40)/t21-,24+,31?/m1/s1. The van der Waals surface area contributed by atoms with Gasteiger partial charge in [-0.3, -0.25) is 14.7 Å². The monoisotopic (exact) mass is 677 g/mol. The van der Waals surface area contributed by atoms with Gasteiger partial charge >= 0.3 is 6.09 Å². The second kappa shape index (κ2) is 11.4. The van der Waals surface area contributed by atoms with Gasteiger partial charge in [0, 0.05) is 31.4 Å². The summed E-state index contributed by atoms with van der Waals surface area (Å²) in [6.07, 6.45) is 1.39. The van der Waals surface area contributed by atoms with Crippen LogP contribution in [0.15, 0.2) is 47.6 Å². The minimum absolute atomic E-state index is 0.0333. The number of nitrogens with zero attached hydrogens (tertiary/aromatic N) is 4. The van der Waals surface area contributed by atoms with E-state index in [1.807, 2.05) is 0 Å². The van der Waals surface area contributed by atoms with E-state index >= 15 is 4.39 Å². The molecule has 3 aliphatic rings. The molecule has 3 atom stereocenters. The van der Waals surface area contributed by atoms with E-state index < -0.39 is 55.6 Å². The molecule has 0 radical (unpaired) electrons. The van der Waals surface area contributed by atoms with Crippen LogP contribution in [0.5, 0.6) is 0 Å². The molecule has 1 aliphatic carbocycles. The number of pyridine rings is 1. The summed E-state index contributed by atoms with van der Waals surface area (Å²) in [6, 6.07) is 6.67. The van der Waals surface area contributed by atoms with Gasteiger partial charge in [0.15, 0.2) is 9.84 Å². The highest BCUT2D eigenvalue weighted by Crippen LogP contribution is 2.50. The number of sulfone groups is 1. The number of amides is 2. The fourth-order valence-corrected chi connectivity index (χ4v) is 8.39. The van der Waals surface area contributed by atoms with E-state index in [9.17, 15) is 23.3 Å². The number of benzene rings is 1. The Morgan fingerprint density at radius 1 is 1.22 bits per heavy atom. The summed E-state index contributed by atoms with van der Waals surface area (Å²) in [4.78, 5) is 34.2. The van der Waals surface area contributed by atoms with Gasteiger partial charge < -0.3 is 15.0 Å². The number of halogens is 3. The van der Waals surface area contributed by atoms with Crippen molar-refractivity contribution in [2.24, 2.45) is 0 Å². The van der Waals surface area contributed by atoms with Crippen molar-refractivity contribution in [2.75, 3.05) is 13.1 Å². The van der Waals surface area contributed by atoms with Crippen LogP contribution in [0.25, 0.3) is 0 Å². The summed E-state index contributed by atoms with van der Waals surface area (Å²) in [5.74, 6) is -1.39. The molecule has 240 valence electrons. The van der Waals surface area contributed by atoms with Crippen LogP contribution in [0.4, 0.5) is 9.18 Å². The minimum Gasteiger partial charge on any atom is -0.444 e. The molecule has 0 bridgehead atoms. The van der Waals surface area contributed by atoms with E-state index in [1.165, 1.54) is 22.1 Å². The Kier molecular flexibility index (Phi) is 8.38. The van der Waals surface area contributed by atoms with Crippen molar-refractivity contribution in [3.05, 3.63) is 69.9 Å². The molecular weight excluding hydrogens is 644 g/mol. The van der Waals surface area contributed by atoms with Crippen LogP contribution in [-0.2, 0) is 24.9 Å². The number of aromatic nitrogens is 1. The Morgan fingerprint density at radius 2 is 1.91 bits per heavy atom. The molecule has 5 rings (SSSR count). The van der Waals surface area contributed by atoms with Gasteiger partial charge in [-0.1, -0.05) is 35.8 Å². The molecule has 1 unspecified atom stereocenters. The summed E-state index contributed by atoms with van der Waals surface area (Å²) in [5.41, 5.74) is -2.86. The maximum Gasteiger partial charge on any atom is 0.411 e. The Hall–Kier alpha value is -3.40. The van der Waals surface area contributed by atoms with Gasteiger partial charge in [0.2, 0.25) is 5.91 Å². The lowest BCUT2D eigenvalue weighted by atomic mass is 9.77. The van der Waals surface area contributed by atoms with E-state index in [0.717, 1.165) is 11.6 Å². The van der Waals surface area contributed by atoms with Crippen LogP contribution in [0.3, 0.4) is 0 Å². The van der Waals surface area contributed by atoms with Crippen LogP contribution < -0.4 is 5.32 Å². The van der Waals surface area contributed by atoms with Crippen molar-refractivity contribution < 1.29 is 27.1 Å². The molecule has 14 heteroatoms. The molecular formula is C31H34Cl2FN5O5S. The van der Waals surface area contributed by atoms with Gasteiger partial charge in [0.1, 0.15) is 34.2 Å². The number of rotatable bonds is 7. The first-order valence-electron chi connectivity index (χ1n) is 14.5. The first kappa shape index (κ1) is 33.0. The third-order valence-corrected chi connectivity index (χ3v) is 11.3. The lowest BCUT2D eigenvalue weighted by Gasteiger charge is -2.55. The normalized spacial score (nSPS) is 24.0. The Balaban J connectivity index is 1.59. The van der Waals surface area contributed by atoms with Gasteiger partial charge in [-0.15, -0.1) is 0 Å². The highest BCUT2D eigenvalue weighted by molar-refractivity contribution is 7.92. The first-order chi connectivity index (χ1) is 20.9. The summed E-state index contributed by atoms with van der Waals surface area (Å²) >= 11 is 12.4. The zero-order chi connectivity index (χ0) is 33.1. The topological polar surface area (TPSA) is 133 Å². The minimum atomic E-state index is -4.09. The Labute approximate surface area is 272 Å². The highest BCUT2D eigenvalue weighted by Gasteiger charge is 2.59. The Morgan fingerprint density at radius 3 is 2.44 bits per heavy atom. The molecule has 1 N–H and O–H groups in total. The average Bonchev–Trinajstić information content (AvgIpc) is 3.52. The van der Waals surface area contributed by atoms with E-state index in [0.29, 0.717) is 12.8 Å². The average molecular weight is 679 g/mol. The highest BCUT2D eigenvalue weighted by atomic mass is 35.5. The lowest BCUT2D eigenvalue weighted by molar-refractivity contribution is -0.126. The zero-order valence-corrected chi connectivity index (χ0v) is 27.7. The predicted molar refractivity (Wildman–Crippen MR) is 166 cm³/mol. The fraction of sp³-hybridized carbons (Fsp3) is 0.484. The second-order valence-corrected chi connectivity index (χ2v) is 15.9. The maximum atomic E-state index is 15.7. The van der Waals surface area contributed by atoms with Gasteiger partial charge in [-0.25, -0.2) is 17.6 Å². The van der Waals surface area contributed by atoms with Crippen LogP contribution in [0.2, 0.25) is 10.0 Å². The molecule has 1 aromatic heterocycles. The molecule has 1 aromatic carbocycles. The lowest BCUT2D eigenvalue weighted by Crippen LogP contribution is -2.65. The van der Waals surface area contributed by atoms with E-state index in [4.69, 9.17) is 27.9 Å². The zero-order valence-electron chi connectivity index (χ0n) is 25.4. The third kappa shape index (κ3) is 5.98. The molecule has 2 aromatic rings. The van der Waals surface area contributed by atoms with E-state index in [2.05, 4.69) is 22.9 Å². The molecule has 0 spiro atoms. The van der Waals surface area contributed by atoms with Crippen LogP contribution >= 0.6 is 23.2 Å². The van der Waals surface area contributed by atoms with Gasteiger partial charge in [0.05, 0.1) is 26.3 Å². The molecule has 45 heavy (non-hydrogen) atoms. The summed E-state index contributed by atoms with van der Waals surface area (Å²) in [7, 11) is -4.09. The maximum absolute atomic E-state index is 15.7. The third-order valence-electron chi connectivity index (χ3n) is 8.52. The molecule has 2 saturated heterocycles. The van der Waals surface area contributed by atoms with Crippen LogP contribution in [-0.4, -0.2) is 70.7 Å². The Bertz CT molecular complexity index is 1740.